The quantitative estimate of drug-likeness (QED) is 0.785. The lowest BCUT2D eigenvalue weighted by atomic mass is 10.0. The van der Waals surface area contributed by atoms with Crippen LogP contribution in [0.25, 0.3) is 11.0 Å². The van der Waals surface area contributed by atoms with E-state index in [9.17, 15) is 4.39 Å². The monoisotopic (exact) mass is 345 g/mol. The molecule has 1 atom stereocenters. The van der Waals surface area contributed by atoms with E-state index >= 15 is 0 Å². The van der Waals surface area contributed by atoms with Crippen molar-refractivity contribution in [3.05, 3.63) is 70.2 Å². The van der Waals surface area contributed by atoms with Crippen molar-refractivity contribution in [3.8, 4) is 0 Å². The Kier molecular flexibility index (Phi) is 3.94. The predicted molar refractivity (Wildman–Crippen MR) is 84.3 cm³/mol. The molecule has 3 nitrogen and oxygen atoms in total. The van der Waals surface area contributed by atoms with E-state index in [-0.39, 0.29) is 11.9 Å². The summed E-state index contributed by atoms with van der Waals surface area (Å²) in [6.07, 6.45) is 2.17. The number of nitrogens with zero attached hydrogens (tertiary/aromatic N) is 2. The Morgan fingerprint density at radius 3 is 2.67 bits per heavy atom. The first kappa shape index (κ1) is 14.1. The Labute approximate surface area is 130 Å². The molecule has 0 aliphatic heterocycles. The van der Waals surface area contributed by atoms with Crippen molar-refractivity contribution in [1.82, 2.24) is 9.97 Å². The highest BCUT2D eigenvalue weighted by atomic mass is 79.9. The zero-order valence-corrected chi connectivity index (χ0v) is 12.7. The smallest absolute Gasteiger partial charge is 0.137 e. The fraction of sp³-hybridized carbons (Fsp3) is 0.125. The van der Waals surface area contributed by atoms with Gasteiger partial charge in [-0.1, -0.05) is 24.3 Å². The molecule has 0 fully saturated rings. The number of hydrogen-bond acceptors (Lipinski definition) is 3. The van der Waals surface area contributed by atoms with Gasteiger partial charge < -0.3 is 5.73 Å². The van der Waals surface area contributed by atoms with Crippen LogP contribution in [0.2, 0.25) is 0 Å². The topological polar surface area (TPSA) is 51.8 Å². The number of halogens is 2. The van der Waals surface area contributed by atoms with Crippen molar-refractivity contribution in [2.45, 2.75) is 12.5 Å². The fourth-order valence-corrected chi connectivity index (χ4v) is 2.62. The highest BCUT2D eigenvalue weighted by Crippen LogP contribution is 2.24. The average Bonchev–Trinajstić information content (AvgIpc) is 2.51. The van der Waals surface area contributed by atoms with Crippen molar-refractivity contribution in [2.24, 2.45) is 5.73 Å². The third-order valence-electron chi connectivity index (χ3n) is 3.32. The molecule has 1 heterocycles. The number of fused-ring (bicyclic) bond motifs is 1. The molecule has 2 aromatic carbocycles. The third-order valence-corrected chi connectivity index (χ3v) is 4.21. The molecule has 0 amide bonds. The van der Waals surface area contributed by atoms with Crippen LogP contribution in [0.3, 0.4) is 0 Å². The summed E-state index contributed by atoms with van der Waals surface area (Å²) in [4.78, 5) is 8.88. The van der Waals surface area contributed by atoms with E-state index in [1.54, 1.807) is 12.3 Å². The molecule has 2 N–H and O–H groups in total. The van der Waals surface area contributed by atoms with Crippen molar-refractivity contribution >= 4 is 27.0 Å². The highest BCUT2D eigenvalue weighted by molar-refractivity contribution is 9.10. The molecule has 0 saturated carbocycles. The molecular weight excluding hydrogens is 333 g/mol. The number of nitrogens with two attached hydrogens (primary N) is 1. The SMILES string of the molecule is NC(Cc1cccc(F)c1Br)c1cnc2ccccc2n1. The Bertz CT molecular complexity index is 791. The normalized spacial score (nSPS) is 12.5. The van der Waals surface area contributed by atoms with E-state index in [1.807, 2.05) is 30.3 Å². The van der Waals surface area contributed by atoms with E-state index in [4.69, 9.17) is 5.73 Å². The van der Waals surface area contributed by atoms with E-state index in [0.717, 1.165) is 16.6 Å². The Morgan fingerprint density at radius 1 is 1.10 bits per heavy atom. The molecule has 0 spiro atoms. The standard InChI is InChI=1S/C16H13BrFN3/c17-16-10(4-3-5-11(16)18)8-12(19)15-9-20-13-6-1-2-7-14(13)21-15/h1-7,9,12H,8,19H2. The van der Waals surface area contributed by atoms with Gasteiger partial charge >= 0.3 is 0 Å². The summed E-state index contributed by atoms with van der Waals surface area (Å²) in [6, 6.07) is 12.2. The summed E-state index contributed by atoms with van der Waals surface area (Å²) in [6.45, 7) is 0. The van der Waals surface area contributed by atoms with Gasteiger partial charge in [-0.3, -0.25) is 4.98 Å². The molecule has 106 valence electrons. The van der Waals surface area contributed by atoms with Crippen LogP contribution >= 0.6 is 15.9 Å². The number of hydrogen-bond donors (Lipinski definition) is 1. The first-order chi connectivity index (χ1) is 10.1. The number of benzene rings is 2. The summed E-state index contributed by atoms with van der Waals surface area (Å²) in [5.41, 5.74) is 9.35. The number of aromatic nitrogens is 2. The van der Waals surface area contributed by atoms with Crippen molar-refractivity contribution in [1.29, 1.82) is 0 Å². The second kappa shape index (κ2) is 5.87. The minimum absolute atomic E-state index is 0.288. The minimum Gasteiger partial charge on any atom is -0.322 e. The van der Waals surface area contributed by atoms with Crippen LogP contribution in [-0.4, -0.2) is 9.97 Å². The lowest BCUT2D eigenvalue weighted by Gasteiger charge is -2.13. The molecular formula is C16H13BrFN3. The van der Waals surface area contributed by atoms with E-state index in [1.165, 1.54) is 6.07 Å². The molecule has 1 aromatic heterocycles. The first-order valence-electron chi connectivity index (χ1n) is 6.55. The van der Waals surface area contributed by atoms with Gasteiger partial charge in [-0.25, -0.2) is 9.37 Å². The Balaban J connectivity index is 1.89. The second-order valence-electron chi connectivity index (χ2n) is 4.81. The van der Waals surface area contributed by atoms with E-state index in [0.29, 0.717) is 16.6 Å². The Hall–Kier alpha value is -1.85. The minimum atomic E-state index is -0.333. The average molecular weight is 346 g/mol. The molecule has 0 bridgehead atoms. The molecule has 21 heavy (non-hydrogen) atoms. The predicted octanol–water partition coefficient (Wildman–Crippen LogP) is 3.77. The first-order valence-corrected chi connectivity index (χ1v) is 7.34. The maximum atomic E-state index is 13.5. The van der Waals surface area contributed by atoms with Gasteiger partial charge in [0, 0.05) is 0 Å². The highest BCUT2D eigenvalue weighted by Gasteiger charge is 2.13. The van der Waals surface area contributed by atoms with Gasteiger partial charge in [-0.15, -0.1) is 0 Å². The van der Waals surface area contributed by atoms with Gasteiger partial charge in [0.1, 0.15) is 5.82 Å². The van der Waals surface area contributed by atoms with Crippen LogP contribution in [0.1, 0.15) is 17.3 Å². The van der Waals surface area contributed by atoms with Gasteiger partial charge in [0.05, 0.1) is 33.4 Å². The van der Waals surface area contributed by atoms with Crippen LogP contribution in [0.4, 0.5) is 4.39 Å². The van der Waals surface area contributed by atoms with Crippen LogP contribution < -0.4 is 5.73 Å². The molecule has 1 unspecified atom stereocenters. The molecule has 0 saturated heterocycles. The van der Waals surface area contributed by atoms with Crippen LogP contribution in [-0.2, 0) is 6.42 Å². The van der Waals surface area contributed by atoms with Gasteiger partial charge in [0.2, 0.25) is 0 Å². The molecule has 3 rings (SSSR count). The van der Waals surface area contributed by atoms with Crippen LogP contribution in [0.15, 0.2) is 53.1 Å². The van der Waals surface area contributed by atoms with Crippen LogP contribution in [0.5, 0.6) is 0 Å². The maximum Gasteiger partial charge on any atom is 0.137 e. The molecule has 0 aliphatic carbocycles. The van der Waals surface area contributed by atoms with Gasteiger partial charge in [-0.2, -0.15) is 0 Å². The molecule has 0 aliphatic rings. The zero-order valence-electron chi connectivity index (χ0n) is 11.1. The molecule has 3 aromatic rings. The van der Waals surface area contributed by atoms with Gasteiger partial charge in [0.25, 0.3) is 0 Å². The summed E-state index contributed by atoms with van der Waals surface area (Å²) in [5, 5.41) is 0. The fourth-order valence-electron chi connectivity index (χ4n) is 2.20. The summed E-state index contributed by atoms with van der Waals surface area (Å²) in [7, 11) is 0. The molecule has 5 heteroatoms. The van der Waals surface area contributed by atoms with Crippen LogP contribution in [0, 0.1) is 5.82 Å². The van der Waals surface area contributed by atoms with Gasteiger partial charge in [0.15, 0.2) is 0 Å². The maximum absolute atomic E-state index is 13.5. The van der Waals surface area contributed by atoms with Crippen molar-refractivity contribution in [3.63, 3.8) is 0 Å². The van der Waals surface area contributed by atoms with Crippen molar-refractivity contribution < 1.29 is 4.39 Å². The zero-order chi connectivity index (χ0) is 14.8. The molecule has 0 radical (unpaired) electrons. The summed E-state index contributed by atoms with van der Waals surface area (Å²) < 4.78 is 14.0. The number of para-hydroxylation sites is 2. The lowest BCUT2D eigenvalue weighted by Crippen LogP contribution is -2.16. The van der Waals surface area contributed by atoms with E-state index < -0.39 is 0 Å². The summed E-state index contributed by atoms with van der Waals surface area (Å²) >= 11 is 3.25. The largest absolute Gasteiger partial charge is 0.322 e. The van der Waals surface area contributed by atoms with Crippen molar-refractivity contribution in [2.75, 3.05) is 0 Å². The third kappa shape index (κ3) is 2.94. The van der Waals surface area contributed by atoms with E-state index in [2.05, 4.69) is 25.9 Å². The Morgan fingerprint density at radius 2 is 1.86 bits per heavy atom. The van der Waals surface area contributed by atoms with Gasteiger partial charge in [-0.05, 0) is 46.1 Å². The second-order valence-corrected chi connectivity index (χ2v) is 5.60. The lowest BCUT2D eigenvalue weighted by molar-refractivity contribution is 0.613. The summed E-state index contributed by atoms with van der Waals surface area (Å²) in [5.74, 6) is -0.288. The number of rotatable bonds is 3.